The summed E-state index contributed by atoms with van der Waals surface area (Å²) in [5.74, 6) is 0.872. The molecule has 0 unspecified atom stereocenters. The number of aliphatic imine (C=N–C) groups is 1. The Bertz CT molecular complexity index is 498. The van der Waals surface area contributed by atoms with Gasteiger partial charge in [-0.2, -0.15) is 11.3 Å². The van der Waals surface area contributed by atoms with E-state index in [2.05, 4.69) is 44.1 Å². The summed E-state index contributed by atoms with van der Waals surface area (Å²) in [5, 5.41) is 11.4. The maximum absolute atomic E-state index is 4.80. The topological polar surface area (TPSA) is 53.7 Å². The summed E-state index contributed by atoms with van der Waals surface area (Å²) >= 11 is 1.71. The van der Waals surface area contributed by atoms with Gasteiger partial charge in [0.05, 0.1) is 6.54 Å². The van der Waals surface area contributed by atoms with Crippen molar-refractivity contribution in [2.24, 2.45) is 4.99 Å². The quantitative estimate of drug-likeness (QED) is 0.471. The lowest BCUT2D eigenvalue weighted by Crippen LogP contribution is -2.38. The largest absolute Gasteiger partial charge is 0.364 e. The monoisotopic (exact) mass is 406 g/mol. The fraction of sp³-hybridized carbons (Fsp3) is 0.385. The molecule has 2 heterocycles. The molecule has 0 aliphatic rings. The van der Waals surface area contributed by atoms with Crippen LogP contribution in [0, 0.1) is 0 Å². The molecule has 0 saturated carbocycles. The fourth-order valence-corrected chi connectivity index (χ4v) is 2.34. The van der Waals surface area contributed by atoms with Crippen LogP contribution in [0.15, 0.2) is 38.7 Å². The average molecular weight is 406 g/mol. The second kappa shape index (κ2) is 8.96. The van der Waals surface area contributed by atoms with Crippen LogP contribution in [-0.4, -0.2) is 29.6 Å². The summed E-state index contributed by atoms with van der Waals surface area (Å²) in [4.78, 5) is 6.65. The van der Waals surface area contributed by atoms with Crippen LogP contribution >= 0.6 is 35.3 Å². The summed E-state index contributed by atoms with van der Waals surface area (Å²) in [6.45, 7) is 4.26. The molecule has 0 radical (unpaired) electrons. The molecule has 2 aromatic heterocycles. The van der Waals surface area contributed by atoms with Crippen LogP contribution in [0.4, 0.5) is 0 Å². The van der Waals surface area contributed by atoms with Gasteiger partial charge < -0.3 is 14.7 Å². The lowest BCUT2D eigenvalue weighted by molar-refractivity contribution is 0.411. The highest BCUT2D eigenvalue weighted by atomic mass is 127. The number of hydrogen-bond acceptors (Lipinski definition) is 4. The van der Waals surface area contributed by atoms with Crippen LogP contribution < -0.4 is 5.32 Å². The van der Waals surface area contributed by atoms with Gasteiger partial charge in [0.25, 0.3) is 0 Å². The molecule has 0 bridgehead atoms. The van der Waals surface area contributed by atoms with Gasteiger partial charge in [0.15, 0.2) is 5.96 Å². The van der Waals surface area contributed by atoms with E-state index in [4.69, 9.17) is 4.52 Å². The van der Waals surface area contributed by atoms with E-state index in [1.807, 2.05) is 13.1 Å². The highest BCUT2D eigenvalue weighted by Gasteiger charge is 2.07. The SMILES string of the molecule is CCNC(=NCc1ccon1)N(C)Cc1ccsc1.I. The molecule has 2 aromatic rings. The Hall–Kier alpha value is -1.09. The van der Waals surface area contributed by atoms with E-state index < -0.39 is 0 Å². The molecule has 110 valence electrons. The Balaban J connectivity index is 0.00000200. The lowest BCUT2D eigenvalue weighted by Gasteiger charge is -2.21. The minimum Gasteiger partial charge on any atom is -0.364 e. The molecule has 0 amide bonds. The van der Waals surface area contributed by atoms with Crippen LogP contribution in [0.5, 0.6) is 0 Å². The molecular formula is C13H19IN4OS. The summed E-state index contributed by atoms with van der Waals surface area (Å²) < 4.78 is 4.80. The second-order valence-corrected chi connectivity index (χ2v) is 4.93. The van der Waals surface area contributed by atoms with Crippen molar-refractivity contribution in [2.45, 2.75) is 20.0 Å². The first-order valence-corrected chi connectivity index (χ1v) is 7.13. The van der Waals surface area contributed by atoms with Crippen molar-refractivity contribution in [3.05, 3.63) is 40.4 Å². The molecule has 5 nitrogen and oxygen atoms in total. The second-order valence-electron chi connectivity index (χ2n) is 4.15. The first-order chi connectivity index (χ1) is 9.29. The average Bonchev–Trinajstić information content (AvgIpc) is 3.07. The van der Waals surface area contributed by atoms with E-state index in [1.54, 1.807) is 17.6 Å². The fourth-order valence-electron chi connectivity index (χ4n) is 1.68. The maximum Gasteiger partial charge on any atom is 0.194 e. The van der Waals surface area contributed by atoms with E-state index in [9.17, 15) is 0 Å². The zero-order valence-corrected chi connectivity index (χ0v) is 14.7. The Morgan fingerprint density at radius 3 is 2.95 bits per heavy atom. The zero-order valence-electron chi connectivity index (χ0n) is 11.6. The van der Waals surface area contributed by atoms with Gasteiger partial charge in [-0.1, -0.05) is 5.16 Å². The van der Waals surface area contributed by atoms with Crippen molar-refractivity contribution in [1.29, 1.82) is 0 Å². The third kappa shape index (κ3) is 5.12. The highest BCUT2D eigenvalue weighted by Crippen LogP contribution is 2.08. The molecule has 0 aliphatic carbocycles. The number of halogens is 1. The van der Waals surface area contributed by atoms with Gasteiger partial charge in [-0.25, -0.2) is 4.99 Å². The molecule has 0 aliphatic heterocycles. The van der Waals surface area contributed by atoms with E-state index in [0.29, 0.717) is 6.54 Å². The summed E-state index contributed by atoms with van der Waals surface area (Å²) in [7, 11) is 2.03. The zero-order chi connectivity index (χ0) is 13.5. The molecule has 0 saturated heterocycles. The number of rotatable bonds is 5. The number of hydrogen-bond donors (Lipinski definition) is 1. The van der Waals surface area contributed by atoms with E-state index in [-0.39, 0.29) is 24.0 Å². The summed E-state index contributed by atoms with van der Waals surface area (Å²) in [6, 6.07) is 3.95. The summed E-state index contributed by atoms with van der Waals surface area (Å²) in [6.07, 6.45) is 1.56. The van der Waals surface area contributed by atoms with Crippen LogP contribution in [0.25, 0.3) is 0 Å². The third-order valence-corrected chi connectivity index (χ3v) is 3.31. The number of aromatic nitrogens is 1. The third-order valence-electron chi connectivity index (χ3n) is 2.58. The first kappa shape index (κ1) is 17.0. The molecule has 1 N–H and O–H groups in total. The van der Waals surface area contributed by atoms with E-state index >= 15 is 0 Å². The van der Waals surface area contributed by atoms with Crippen molar-refractivity contribution in [3.8, 4) is 0 Å². The van der Waals surface area contributed by atoms with Crippen LogP contribution in [-0.2, 0) is 13.1 Å². The number of nitrogens with one attached hydrogen (secondary N) is 1. The van der Waals surface area contributed by atoms with Crippen molar-refractivity contribution in [2.75, 3.05) is 13.6 Å². The van der Waals surface area contributed by atoms with E-state index in [1.165, 1.54) is 5.56 Å². The van der Waals surface area contributed by atoms with Gasteiger partial charge >= 0.3 is 0 Å². The molecule has 2 rings (SSSR count). The van der Waals surface area contributed by atoms with Crippen molar-refractivity contribution in [1.82, 2.24) is 15.4 Å². The van der Waals surface area contributed by atoms with Gasteiger partial charge in [-0.3, -0.25) is 0 Å². The highest BCUT2D eigenvalue weighted by molar-refractivity contribution is 14.0. The van der Waals surface area contributed by atoms with Gasteiger partial charge in [0.2, 0.25) is 0 Å². The molecule has 20 heavy (non-hydrogen) atoms. The number of nitrogens with zero attached hydrogens (tertiary/aromatic N) is 3. The molecular weight excluding hydrogens is 387 g/mol. The van der Waals surface area contributed by atoms with Gasteiger partial charge in [0, 0.05) is 26.2 Å². The van der Waals surface area contributed by atoms with E-state index in [0.717, 1.165) is 24.7 Å². The van der Waals surface area contributed by atoms with Crippen LogP contribution in [0.1, 0.15) is 18.2 Å². The smallest absolute Gasteiger partial charge is 0.194 e. The van der Waals surface area contributed by atoms with Crippen molar-refractivity contribution >= 4 is 41.3 Å². The number of thiophene rings is 1. The van der Waals surface area contributed by atoms with Crippen LogP contribution in [0.3, 0.4) is 0 Å². The minimum absolute atomic E-state index is 0. The normalized spacial score (nSPS) is 11.0. The van der Waals surface area contributed by atoms with Gasteiger partial charge in [-0.15, -0.1) is 24.0 Å². The minimum atomic E-state index is 0. The predicted molar refractivity (Wildman–Crippen MR) is 92.5 cm³/mol. The molecule has 0 atom stereocenters. The molecule has 0 fully saturated rings. The predicted octanol–water partition coefficient (Wildman–Crippen LogP) is 2.95. The Morgan fingerprint density at radius 1 is 1.50 bits per heavy atom. The Labute approximate surface area is 140 Å². The van der Waals surface area contributed by atoms with Gasteiger partial charge in [0.1, 0.15) is 12.0 Å². The summed E-state index contributed by atoms with van der Waals surface area (Å²) in [5.41, 5.74) is 2.12. The maximum atomic E-state index is 4.80. The molecule has 0 aromatic carbocycles. The first-order valence-electron chi connectivity index (χ1n) is 6.19. The molecule has 0 spiro atoms. The van der Waals surface area contributed by atoms with Crippen molar-refractivity contribution < 1.29 is 4.52 Å². The standard InChI is InChI=1S/C13H18N4OS.HI/c1-3-14-13(15-8-12-4-6-18-16-12)17(2)9-11-5-7-19-10-11;/h4-7,10H,3,8-9H2,1-2H3,(H,14,15);1H. The Morgan fingerprint density at radius 2 is 2.35 bits per heavy atom. The number of guanidine groups is 1. The van der Waals surface area contributed by atoms with Gasteiger partial charge in [-0.05, 0) is 29.3 Å². The van der Waals surface area contributed by atoms with Crippen molar-refractivity contribution in [3.63, 3.8) is 0 Å². The molecule has 7 heteroatoms. The lowest BCUT2D eigenvalue weighted by atomic mass is 10.3. The Kier molecular flexibility index (Phi) is 7.60. The van der Waals surface area contributed by atoms with Crippen LogP contribution in [0.2, 0.25) is 0 Å².